The number of ether oxygens (including phenoxy) is 1. The van der Waals surface area contributed by atoms with Gasteiger partial charge in [0.15, 0.2) is 0 Å². The number of rotatable bonds is 7. The van der Waals surface area contributed by atoms with Crippen LogP contribution in [0.25, 0.3) is 0 Å². The summed E-state index contributed by atoms with van der Waals surface area (Å²) in [5.41, 5.74) is 6.71. The summed E-state index contributed by atoms with van der Waals surface area (Å²) < 4.78 is 5.83. The molecule has 3 amide bonds. The number of hydrogen-bond donors (Lipinski definition) is 3. The number of urea groups is 1. The molecule has 0 unspecified atom stereocenters. The molecule has 142 valence electrons. The molecule has 1 atom stereocenters. The third-order valence-electron chi connectivity index (χ3n) is 4.00. The third kappa shape index (κ3) is 5.60. The van der Waals surface area contributed by atoms with E-state index in [9.17, 15) is 9.59 Å². The Kier molecular flexibility index (Phi) is 6.25. The Hall–Kier alpha value is -3.80. The van der Waals surface area contributed by atoms with Crippen molar-refractivity contribution >= 4 is 17.6 Å². The van der Waals surface area contributed by atoms with Crippen molar-refractivity contribution in [3.05, 3.63) is 90.5 Å². The fraction of sp³-hybridized carbons (Fsp3) is 0.0909. The Bertz CT molecular complexity index is 930. The van der Waals surface area contributed by atoms with Crippen LogP contribution in [0.1, 0.15) is 18.0 Å². The maximum Gasteiger partial charge on any atom is 0.312 e. The van der Waals surface area contributed by atoms with Crippen LogP contribution in [-0.4, -0.2) is 11.9 Å². The lowest BCUT2D eigenvalue weighted by Gasteiger charge is -2.18. The quantitative estimate of drug-likeness (QED) is 0.577. The van der Waals surface area contributed by atoms with E-state index in [-0.39, 0.29) is 12.3 Å². The Morgan fingerprint density at radius 1 is 0.857 bits per heavy atom. The van der Waals surface area contributed by atoms with Crippen LogP contribution in [0.2, 0.25) is 0 Å². The van der Waals surface area contributed by atoms with Crippen molar-refractivity contribution in [3.8, 4) is 11.5 Å². The van der Waals surface area contributed by atoms with E-state index in [1.54, 1.807) is 24.3 Å². The number of nitrogens with two attached hydrogens (primary N) is 1. The number of benzene rings is 3. The lowest BCUT2D eigenvalue weighted by molar-refractivity contribution is -0.116. The smallest absolute Gasteiger partial charge is 0.312 e. The molecular formula is C22H21N3O3. The number of amides is 3. The van der Waals surface area contributed by atoms with Crippen LogP contribution in [0.15, 0.2) is 84.9 Å². The molecule has 0 aliphatic heterocycles. The summed E-state index contributed by atoms with van der Waals surface area (Å²) in [6.07, 6.45) is 0.0343. The highest BCUT2D eigenvalue weighted by molar-refractivity contribution is 5.91. The molecule has 3 aromatic carbocycles. The van der Waals surface area contributed by atoms with Gasteiger partial charge in [0, 0.05) is 5.69 Å². The molecule has 0 bridgehead atoms. The fourth-order valence-electron chi connectivity index (χ4n) is 2.76. The van der Waals surface area contributed by atoms with Gasteiger partial charge in [-0.25, -0.2) is 4.79 Å². The molecule has 0 aromatic heterocycles. The van der Waals surface area contributed by atoms with Crippen molar-refractivity contribution in [3.63, 3.8) is 0 Å². The standard InChI is InChI=1S/C22H21N3O3/c23-22(27)25-20(15-21(26)24-17-9-3-1-4-10-17)16-8-7-13-19(14-16)28-18-11-5-2-6-12-18/h1-14,20H,15H2,(H,24,26)(H3,23,25,27)/t20-/m0/s1. The number of nitrogens with one attached hydrogen (secondary N) is 2. The van der Waals surface area contributed by atoms with Crippen molar-refractivity contribution in [2.24, 2.45) is 5.73 Å². The van der Waals surface area contributed by atoms with Gasteiger partial charge in [0.25, 0.3) is 0 Å². The fourth-order valence-corrected chi connectivity index (χ4v) is 2.76. The molecule has 4 N–H and O–H groups in total. The number of primary amides is 1. The average molecular weight is 375 g/mol. The molecule has 0 spiro atoms. The van der Waals surface area contributed by atoms with E-state index in [1.165, 1.54) is 0 Å². The number of carbonyl (C=O) groups excluding carboxylic acids is 2. The first-order chi connectivity index (χ1) is 13.6. The summed E-state index contributed by atoms with van der Waals surface area (Å²) in [6.45, 7) is 0. The maximum atomic E-state index is 12.4. The van der Waals surface area contributed by atoms with Gasteiger partial charge in [-0.2, -0.15) is 0 Å². The molecule has 3 aromatic rings. The number of anilines is 1. The first-order valence-corrected chi connectivity index (χ1v) is 8.84. The summed E-state index contributed by atoms with van der Waals surface area (Å²) in [5, 5.41) is 5.43. The van der Waals surface area contributed by atoms with Gasteiger partial charge in [0.05, 0.1) is 12.5 Å². The summed E-state index contributed by atoms with van der Waals surface area (Å²) in [7, 11) is 0. The predicted octanol–water partition coefficient (Wildman–Crippen LogP) is 4.22. The average Bonchev–Trinajstić information content (AvgIpc) is 2.69. The Morgan fingerprint density at radius 2 is 1.50 bits per heavy atom. The van der Waals surface area contributed by atoms with Gasteiger partial charge in [-0.15, -0.1) is 0 Å². The zero-order valence-corrected chi connectivity index (χ0v) is 15.2. The molecule has 28 heavy (non-hydrogen) atoms. The van der Waals surface area contributed by atoms with Crippen LogP contribution in [0.3, 0.4) is 0 Å². The monoisotopic (exact) mass is 375 g/mol. The molecule has 3 rings (SSSR count). The SMILES string of the molecule is NC(=O)N[C@@H](CC(=O)Nc1ccccc1)c1cccc(Oc2ccccc2)c1. The van der Waals surface area contributed by atoms with Gasteiger partial charge in [-0.1, -0.05) is 48.5 Å². The first-order valence-electron chi connectivity index (χ1n) is 8.84. The Labute approximate surface area is 163 Å². The van der Waals surface area contributed by atoms with E-state index in [2.05, 4.69) is 10.6 Å². The third-order valence-corrected chi connectivity index (χ3v) is 4.00. The van der Waals surface area contributed by atoms with Crippen molar-refractivity contribution < 1.29 is 14.3 Å². The zero-order chi connectivity index (χ0) is 19.8. The van der Waals surface area contributed by atoms with E-state index in [0.717, 1.165) is 5.56 Å². The van der Waals surface area contributed by atoms with Crippen molar-refractivity contribution in [1.29, 1.82) is 0 Å². The molecule has 6 heteroatoms. The molecule has 0 aliphatic rings. The van der Waals surface area contributed by atoms with Crippen LogP contribution in [-0.2, 0) is 4.79 Å². The highest BCUT2D eigenvalue weighted by Gasteiger charge is 2.18. The van der Waals surface area contributed by atoms with Crippen molar-refractivity contribution in [1.82, 2.24) is 5.32 Å². The topological polar surface area (TPSA) is 93.5 Å². The van der Waals surface area contributed by atoms with Gasteiger partial charge in [-0.3, -0.25) is 4.79 Å². The lowest BCUT2D eigenvalue weighted by atomic mass is 10.0. The largest absolute Gasteiger partial charge is 0.457 e. The molecule has 0 saturated carbocycles. The molecule has 0 fully saturated rings. The minimum absolute atomic E-state index is 0.0343. The van der Waals surface area contributed by atoms with Crippen molar-refractivity contribution in [2.45, 2.75) is 12.5 Å². The second-order valence-corrected chi connectivity index (χ2v) is 6.17. The molecule has 0 radical (unpaired) electrons. The number of carbonyl (C=O) groups is 2. The van der Waals surface area contributed by atoms with Crippen LogP contribution in [0.5, 0.6) is 11.5 Å². The normalized spacial score (nSPS) is 11.3. The van der Waals surface area contributed by atoms with E-state index in [1.807, 2.05) is 60.7 Å². The van der Waals surface area contributed by atoms with E-state index >= 15 is 0 Å². The van der Waals surface area contributed by atoms with Crippen LogP contribution >= 0.6 is 0 Å². The van der Waals surface area contributed by atoms with E-state index in [4.69, 9.17) is 10.5 Å². The van der Waals surface area contributed by atoms with Gasteiger partial charge < -0.3 is 21.1 Å². The lowest BCUT2D eigenvalue weighted by Crippen LogP contribution is -2.35. The summed E-state index contributed by atoms with van der Waals surface area (Å²) in [6, 6.07) is 24.4. The number of hydrogen-bond acceptors (Lipinski definition) is 3. The molecule has 0 saturated heterocycles. The highest BCUT2D eigenvalue weighted by Crippen LogP contribution is 2.26. The zero-order valence-electron chi connectivity index (χ0n) is 15.2. The highest BCUT2D eigenvalue weighted by atomic mass is 16.5. The molecular weight excluding hydrogens is 354 g/mol. The molecule has 0 heterocycles. The summed E-state index contributed by atoms with van der Waals surface area (Å²) >= 11 is 0. The van der Waals surface area contributed by atoms with Crippen LogP contribution in [0.4, 0.5) is 10.5 Å². The minimum Gasteiger partial charge on any atom is -0.457 e. The van der Waals surface area contributed by atoms with Gasteiger partial charge in [0.2, 0.25) is 5.91 Å². The van der Waals surface area contributed by atoms with Crippen LogP contribution in [0, 0.1) is 0 Å². The van der Waals surface area contributed by atoms with Crippen LogP contribution < -0.4 is 21.1 Å². The summed E-state index contributed by atoms with van der Waals surface area (Å²) in [5.74, 6) is 1.06. The van der Waals surface area contributed by atoms with E-state index in [0.29, 0.717) is 17.2 Å². The second kappa shape index (κ2) is 9.23. The second-order valence-electron chi connectivity index (χ2n) is 6.17. The van der Waals surface area contributed by atoms with Gasteiger partial charge in [0.1, 0.15) is 11.5 Å². The maximum absolute atomic E-state index is 12.4. The summed E-state index contributed by atoms with van der Waals surface area (Å²) in [4.78, 5) is 23.9. The van der Waals surface area contributed by atoms with E-state index < -0.39 is 12.1 Å². The molecule has 6 nitrogen and oxygen atoms in total. The first kappa shape index (κ1) is 19.0. The van der Waals surface area contributed by atoms with Crippen molar-refractivity contribution in [2.75, 3.05) is 5.32 Å². The van der Waals surface area contributed by atoms with Gasteiger partial charge >= 0.3 is 6.03 Å². The molecule has 0 aliphatic carbocycles. The minimum atomic E-state index is -0.702. The number of para-hydroxylation sites is 2. The predicted molar refractivity (Wildman–Crippen MR) is 108 cm³/mol. The Balaban J connectivity index is 1.74. The van der Waals surface area contributed by atoms with Gasteiger partial charge in [-0.05, 0) is 42.0 Å². The Morgan fingerprint density at radius 3 is 2.18 bits per heavy atom.